The zero-order valence-electron chi connectivity index (χ0n) is 47.6. The molecule has 0 saturated heterocycles. The molecule has 1 unspecified atom stereocenters. The van der Waals surface area contributed by atoms with Gasteiger partial charge in [0.2, 0.25) is 0 Å². The molecule has 0 aliphatic carbocycles. The molecule has 0 radical (unpaired) electrons. The first-order valence-electron chi connectivity index (χ1n) is 30.4. The molecule has 0 heterocycles. The summed E-state index contributed by atoms with van der Waals surface area (Å²) in [6.07, 6.45) is 82.4. The van der Waals surface area contributed by atoms with Gasteiger partial charge < -0.3 is 14.2 Å². The van der Waals surface area contributed by atoms with Crippen molar-refractivity contribution < 1.29 is 28.6 Å². The van der Waals surface area contributed by atoms with E-state index in [1.165, 1.54) is 122 Å². The van der Waals surface area contributed by atoms with E-state index in [9.17, 15) is 14.4 Å². The van der Waals surface area contributed by atoms with Crippen molar-refractivity contribution in [3.05, 3.63) is 109 Å². The number of rotatable bonds is 54. The van der Waals surface area contributed by atoms with Crippen molar-refractivity contribution in [2.24, 2.45) is 0 Å². The van der Waals surface area contributed by atoms with Crippen LogP contribution in [0.1, 0.15) is 278 Å². The SMILES string of the molecule is CC/C=C\C/C=C\C/C=C\C/C=C\C/C=C\C/C=C\CCC(=O)OCC(COC(=O)CCCCCCC/C=C\CCCCCCCCCCC)OC(=O)CCCCCCC/C=C\C=C/CCCCCCCCC. The van der Waals surface area contributed by atoms with Crippen LogP contribution >= 0.6 is 0 Å². The van der Waals surface area contributed by atoms with Gasteiger partial charge in [-0.1, -0.05) is 259 Å². The summed E-state index contributed by atoms with van der Waals surface area (Å²) < 4.78 is 16.8. The maximum atomic E-state index is 12.9. The number of hydrogen-bond donors (Lipinski definition) is 0. The summed E-state index contributed by atoms with van der Waals surface area (Å²) in [5, 5.41) is 0. The largest absolute Gasteiger partial charge is 0.462 e. The summed E-state index contributed by atoms with van der Waals surface area (Å²) >= 11 is 0. The monoisotopic (exact) mass is 1010 g/mol. The lowest BCUT2D eigenvalue weighted by Gasteiger charge is -2.18. The van der Waals surface area contributed by atoms with Crippen molar-refractivity contribution in [3.8, 4) is 0 Å². The molecular formula is C67H112O6. The molecule has 0 saturated carbocycles. The van der Waals surface area contributed by atoms with Crippen LogP contribution in [0.3, 0.4) is 0 Å². The normalized spacial score (nSPS) is 12.9. The fourth-order valence-corrected chi connectivity index (χ4v) is 8.22. The molecule has 6 heteroatoms. The third-order valence-electron chi connectivity index (χ3n) is 12.8. The Morgan fingerprint density at radius 2 is 0.603 bits per heavy atom. The zero-order chi connectivity index (χ0) is 52.9. The van der Waals surface area contributed by atoms with E-state index in [0.29, 0.717) is 19.3 Å². The number of esters is 3. The molecule has 0 aromatic carbocycles. The van der Waals surface area contributed by atoms with E-state index < -0.39 is 6.10 Å². The lowest BCUT2D eigenvalue weighted by Crippen LogP contribution is -2.30. The van der Waals surface area contributed by atoms with Crippen LogP contribution in [-0.4, -0.2) is 37.2 Å². The van der Waals surface area contributed by atoms with Crippen molar-refractivity contribution in [1.29, 1.82) is 0 Å². The molecule has 0 spiro atoms. The zero-order valence-corrected chi connectivity index (χ0v) is 47.6. The molecule has 73 heavy (non-hydrogen) atoms. The second kappa shape index (κ2) is 60.6. The van der Waals surface area contributed by atoms with Crippen LogP contribution in [0, 0.1) is 0 Å². The maximum absolute atomic E-state index is 12.9. The Morgan fingerprint density at radius 1 is 0.301 bits per heavy atom. The second-order valence-electron chi connectivity index (χ2n) is 19.9. The quantitative estimate of drug-likeness (QED) is 0.0199. The van der Waals surface area contributed by atoms with Crippen LogP contribution in [0.4, 0.5) is 0 Å². The Morgan fingerprint density at radius 3 is 1.00 bits per heavy atom. The van der Waals surface area contributed by atoms with Gasteiger partial charge in [0.15, 0.2) is 6.10 Å². The van der Waals surface area contributed by atoms with Gasteiger partial charge >= 0.3 is 17.9 Å². The van der Waals surface area contributed by atoms with E-state index in [4.69, 9.17) is 14.2 Å². The second-order valence-corrected chi connectivity index (χ2v) is 19.9. The van der Waals surface area contributed by atoms with Crippen LogP contribution < -0.4 is 0 Å². The molecule has 0 aliphatic heterocycles. The van der Waals surface area contributed by atoms with Crippen LogP contribution in [0.2, 0.25) is 0 Å². The predicted molar refractivity (Wildman–Crippen MR) is 316 cm³/mol. The van der Waals surface area contributed by atoms with E-state index in [-0.39, 0.29) is 37.5 Å². The Hall–Kier alpha value is -3.93. The highest BCUT2D eigenvalue weighted by atomic mass is 16.6. The topological polar surface area (TPSA) is 78.9 Å². The fraction of sp³-hybridized carbons (Fsp3) is 0.687. The fourth-order valence-electron chi connectivity index (χ4n) is 8.22. The first kappa shape index (κ1) is 69.1. The molecular weight excluding hydrogens is 901 g/mol. The van der Waals surface area contributed by atoms with Crippen molar-refractivity contribution in [3.63, 3.8) is 0 Å². The van der Waals surface area contributed by atoms with E-state index in [0.717, 1.165) is 109 Å². The standard InChI is InChI=1S/C67H112O6/c1-4-7-10-13-16-19-22-25-28-31-34-37-39-42-45-48-51-54-57-60-66(69)72-63-64(73-67(70)61-58-55-52-49-46-43-40-36-33-30-27-24-21-18-15-12-9-6-3)62-71-65(68)59-56-53-50-47-44-41-38-35-32-29-26-23-20-17-14-11-8-5-2/h7,10,16,19,25,28,30,33-38,40,42,45,51,54,64H,4-6,8-9,11-15,17-18,20-24,26-27,29,31-32,39,41,43-44,46-50,52-53,55-63H2,1-3H3/b10-7-,19-16-,28-25-,33-30-,37-34-,38-35-,40-36-,45-42-,54-51-. The van der Waals surface area contributed by atoms with Gasteiger partial charge in [0.1, 0.15) is 13.2 Å². The maximum Gasteiger partial charge on any atom is 0.306 e. The van der Waals surface area contributed by atoms with Crippen molar-refractivity contribution in [1.82, 2.24) is 0 Å². The van der Waals surface area contributed by atoms with Gasteiger partial charge in [-0.05, 0) is 109 Å². The number of carbonyl (C=O) groups excluding carboxylic acids is 3. The van der Waals surface area contributed by atoms with Gasteiger partial charge in [-0.15, -0.1) is 0 Å². The summed E-state index contributed by atoms with van der Waals surface area (Å²) in [7, 11) is 0. The molecule has 0 aromatic heterocycles. The lowest BCUT2D eigenvalue weighted by molar-refractivity contribution is -0.166. The third-order valence-corrected chi connectivity index (χ3v) is 12.8. The Kier molecular flexibility index (Phi) is 57.4. The minimum atomic E-state index is -0.823. The van der Waals surface area contributed by atoms with E-state index in [1.807, 2.05) is 6.08 Å². The van der Waals surface area contributed by atoms with Crippen molar-refractivity contribution in [2.75, 3.05) is 13.2 Å². The molecule has 0 bridgehead atoms. The number of allylic oxidation sites excluding steroid dienone is 18. The molecule has 0 aliphatic rings. The number of hydrogen-bond acceptors (Lipinski definition) is 6. The van der Waals surface area contributed by atoms with Gasteiger partial charge in [0.05, 0.1) is 0 Å². The van der Waals surface area contributed by atoms with Gasteiger partial charge in [-0.25, -0.2) is 0 Å². The third kappa shape index (κ3) is 58.8. The first-order valence-corrected chi connectivity index (χ1v) is 30.4. The summed E-state index contributed by atoms with van der Waals surface area (Å²) in [6.45, 7) is 6.45. The molecule has 0 amide bonds. The first-order chi connectivity index (χ1) is 36.0. The van der Waals surface area contributed by atoms with Gasteiger partial charge in [-0.3, -0.25) is 14.4 Å². The highest BCUT2D eigenvalue weighted by Gasteiger charge is 2.19. The summed E-state index contributed by atoms with van der Waals surface area (Å²) in [5.74, 6) is -1.02. The Labute approximate surface area is 450 Å². The molecule has 1 atom stereocenters. The summed E-state index contributed by atoms with van der Waals surface area (Å²) in [6, 6.07) is 0. The number of carbonyl (C=O) groups is 3. The van der Waals surface area contributed by atoms with Gasteiger partial charge in [0, 0.05) is 19.3 Å². The van der Waals surface area contributed by atoms with E-state index in [1.54, 1.807) is 0 Å². The minimum absolute atomic E-state index is 0.113. The van der Waals surface area contributed by atoms with Crippen LogP contribution in [0.25, 0.3) is 0 Å². The summed E-state index contributed by atoms with van der Waals surface area (Å²) in [5.41, 5.74) is 0. The molecule has 0 N–H and O–H groups in total. The molecule has 416 valence electrons. The highest BCUT2D eigenvalue weighted by Crippen LogP contribution is 2.14. The molecule has 0 fully saturated rings. The van der Waals surface area contributed by atoms with Gasteiger partial charge in [-0.2, -0.15) is 0 Å². The van der Waals surface area contributed by atoms with Crippen LogP contribution in [0.15, 0.2) is 109 Å². The summed E-state index contributed by atoms with van der Waals surface area (Å²) in [4.78, 5) is 38.2. The number of unbranched alkanes of at least 4 members (excludes halogenated alkanes) is 26. The van der Waals surface area contributed by atoms with Crippen LogP contribution in [-0.2, 0) is 28.6 Å². The highest BCUT2D eigenvalue weighted by molar-refractivity contribution is 5.71. The van der Waals surface area contributed by atoms with Crippen molar-refractivity contribution >= 4 is 17.9 Å². The Bertz CT molecular complexity index is 1490. The molecule has 0 rings (SSSR count). The predicted octanol–water partition coefficient (Wildman–Crippen LogP) is 20.7. The smallest absolute Gasteiger partial charge is 0.306 e. The van der Waals surface area contributed by atoms with Crippen LogP contribution in [0.5, 0.6) is 0 Å². The number of ether oxygens (including phenoxy) is 3. The minimum Gasteiger partial charge on any atom is -0.462 e. The average molecular weight is 1010 g/mol. The van der Waals surface area contributed by atoms with Crippen molar-refractivity contribution in [2.45, 2.75) is 284 Å². The van der Waals surface area contributed by atoms with E-state index in [2.05, 4.69) is 124 Å². The lowest BCUT2D eigenvalue weighted by atomic mass is 10.1. The van der Waals surface area contributed by atoms with Gasteiger partial charge in [0.25, 0.3) is 0 Å². The molecule has 6 nitrogen and oxygen atoms in total. The Balaban J connectivity index is 4.54. The average Bonchev–Trinajstić information content (AvgIpc) is 3.39. The molecule has 0 aromatic rings. The van der Waals surface area contributed by atoms with E-state index >= 15 is 0 Å².